The normalized spacial score (nSPS) is 11.5. The summed E-state index contributed by atoms with van der Waals surface area (Å²) in [5, 5.41) is 10.5. The highest BCUT2D eigenvalue weighted by atomic mass is 79.9. The molecule has 1 N–H and O–H groups in total. The second-order valence-corrected chi connectivity index (χ2v) is 7.81. The maximum Gasteiger partial charge on any atom is 0.335 e. The largest absolute Gasteiger partial charge is 0.478 e. The number of carbonyl (C=O) groups is 1. The van der Waals surface area contributed by atoms with Crippen molar-refractivity contribution in [3.8, 4) is 0 Å². The number of sulfone groups is 1. The lowest BCUT2D eigenvalue weighted by atomic mass is 10.2. The summed E-state index contributed by atoms with van der Waals surface area (Å²) in [4.78, 5) is 10.8. The molecule has 2 rings (SSSR count). The Morgan fingerprint density at radius 1 is 1.35 bits per heavy atom. The fourth-order valence-electron chi connectivity index (χ4n) is 1.58. The standard InChI is InChI=1S/C12H8BrFO4S2/c13-8-4-9(19-5-8)6-20(17,18)11-2-1-7(12(15)16)3-10(11)14/h1-5H,6H2,(H,15,16). The van der Waals surface area contributed by atoms with Crippen LogP contribution in [0.1, 0.15) is 15.2 Å². The average molecular weight is 379 g/mol. The van der Waals surface area contributed by atoms with E-state index in [0.29, 0.717) is 10.9 Å². The Morgan fingerprint density at radius 2 is 2.05 bits per heavy atom. The van der Waals surface area contributed by atoms with E-state index in [0.717, 1.165) is 16.6 Å². The smallest absolute Gasteiger partial charge is 0.335 e. The first-order chi connectivity index (χ1) is 9.29. The predicted molar refractivity (Wildman–Crippen MR) is 76.3 cm³/mol. The minimum Gasteiger partial charge on any atom is -0.478 e. The van der Waals surface area contributed by atoms with Crippen molar-refractivity contribution in [2.45, 2.75) is 10.6 Å². The second kappa shape index (κ2) is 5.63. The lowest BCUT2D eigenvalue weighted by Crippen LogP contribution is -2.08. The van der Waals surface area contributed by atoms with Crippen LogP contribution in [0.4, 0.5) is 4.39 Å². The van der Waals surface area contributed by atoms with E-state index in [9.17, 15) is 17.6 Å². The molecule has 0 unspecified atom stereocenters. The Morgan fingerprint density at radius 3 is 2.55 bits per heavy atom. The molecule has 0 saturated heterocycles. The van der Waals surface area contributed by atoms with Gasteiger partial charge in [0.2, 0.25) is 0 Å². The summed E-state index contributed by atoms with van der Waals surface area (Å²) >= 11 is 4.45. The molecular weight excluding hydrogens is 371 g/mol. The zero-order valence-electron chi connectivity index (χ0n) is 9.84. The Balaban J connectivity index is 2.37. The average Bonchev–Trinajstić information content (AvgIpc) is 2.73. The van der Waals surface area contributed by atoms with Gasteiger partial charge >= 0.3 is 5.97 Å². The van der Waals surface area contributed by atoms with Gasteiger partial charge in [-0.2, -0.15) is 0 Å². The molecule has 4 nitrogen and oxygen atoms in total. The fourth-order valence-corrected chi connectivity index (χ4v) is 4.80. The Labute approximate surface area is 126 Å². The van der Waals surface area contributed by atoms with Crippen molar-refractivity contribution in [2.24, 2.45) is 0 Å². The van der Waals surface area contributed by atoms with E-state index < -0.39 is 26.5 Å². The first-order valence-corrected chi connectivity index (χ1v) is 8.60. The minimum absolute atomic E-state index is 0.291. The molecular formula is C12H8BrFO4S2. The van der Waals surface area contributed by atoms with Crippen LogP contribution in [-0.2, 0) is 15.6 Å². The Hall–Kier alpha value is -1.25. The third-order valence-corrected chi connectivity index (χ3v) is 6.04. The van der Waals surface area contributed by atoms with Crippen LogP contribution >= 0.6 is 27.3 Å². The number of hydrogen-bond donors (Lipinski definition) is 1. The number of aromatic carboxylic acids is 1. The number of halogens is 2. The molecule has 8 heteroatoms. The van der Waals surface area contributed by atoms with E-state index in [1.54, 1.807) is 11.4 Å². The van der Waals surface area contributed by atoms with Crippen molar-refractivity contribution in [2.75, 3.05) is 0 Å². The van der Waals surface area contributed by atoms with E-state index in [1.165, 1.54) is 11.3 Å². The predicted octanol–water partition coefficient (Wildman–Crippen LogP) is 3.32. The summed E-state index contributed by atoms with van der Waals surface area (Å²) in [7, 11) is -3.85. The summed E-state index contributed by atoms with van der Waals surface area (Å²) < 4.78 is 38.8. The van der Waals surface area contributed by atoms with Gasteiger partial charge in [0.15, 0.2) is 9.84 Å². The molecule has 0 fully saturated rings. The molecule has 1 aromatic carbocycles. The molecule has 1 aromatic heterocycles. The van der Waals surface area contributed by atoms with Gasteiger partial charge in [0.1, 0.15) is 10.7 Å². The highest BCUT2D eigenvalue weighted by Crippen LogP contribution is 2.26. The van der Waals surface area contributed by atoms with Crippen molar-refractivity contribution >= 4 is 43.1 Å². The van der Waals surface area contributed by atoms with E-state index in [-0.39, 0.29) is 11.3 Å². The number of carboxylic acid groups (broad SMARTS) is 1. The molecule has 0 saturated carbocycles. The quantitative estimate of drug-likeness (QED) is 0.885. The molecule has 1 heterocycles. The van der Waals surface area contributed by atoms with Crippen LogP contribution in [0.3, 0.4) is 0 Å². The molecule has 0 bridgehead atoms. The maximum absolute atomic E-state index is 13.8. The second-order valence-electron chi connectivity index (χ2n) is 3.94. The highest BCUT2D eigenvalue weighted by Gasteiger charge is 2.22. The zero-order valence-corrected chi connectivity index (χ0v) is 13.1. The van der Waals surface area contributed by atoms with Gasteiger partial charge in [-0.3, -0.25) is 0 Å². The first kappa shape index (κ1) is 15.1. The third-order valence-electron chi connectivity index (χ3n) is 2.47. The van der Waals surface area contributed by atoms with Crippen molar-refractivity contribution in [1.82, 2.24) is 0 Å². The molecule has 20 heavy (non-hydrogen) atoms. The van der Waals surface area contributed by atoms with Crippen molar-refractivity contribution in [1.29, 1.82) is 0 Å². The van der Waals surface area contributed by atoms with E-state index in [1.807, 2.05) is 0 Å². The van der Waals surface area contributed by atoms with Gasteiger partial charge in [-0.15, -0.1) is 11.3 Å². The lowest BCUT2D eigenvalue weighted by molar-refractivity contribution is 0.0696. The number of thiophene rings is 1. The SMILES string of the molecule is O=C(O)c1ccc(S(=O)(=O)Cc2cc(Br)cs2)c(F)c1. The fraction of sp³-hybridized carbons (Fsp3) is 0.0833. The third kappa shape index (κ3) is 3.25. The van der Waals surface area contributed by atoms with Crippen LogP contribution in [0.25, 0.3) is 0 Å². The maximum atomic E-state index is 13.8. The molecule has 0 aliphatic heterocycles. The van der Waals surface area contributed by atoms with Crippen molar-refractivity contribution < 1.29 is 22.7 Å². The van der Waals surface area contributed by atoms with E-state index in [4.69, 9.17) is 5.11 Å². The Bertz CT molecular complexity index is 768. The summed E-state index contributed by atoms with van der Waals surface area (Å²) in [5.41, 5.74) is -0.291. The van der Waals surface area contributed by atoms with Gasteiger partial charge in [0, 0.05) is 14.7 Å². The zero-order chi connectivity index (χ0) is 14.9. The summed E-state index contributed by atoms with van der Waals surface area (Å²) in [6.45, 7) is 0. The molecule has 106 valence electrons. The van der Waals surface area contributed by atoms with Crippen LogP contribution in [0.2, 0.25) is 0 Å². The number of carboxylic acids is 1. The van der Waals surface area contributed by atoms with Gasteiger partial charge in [0.25, 0.3) is 0 Å². The highest BCUT2D eigenvalue weighted by molar-refractivity contribution is 9.10. The molecule has 0 radical (unpaired) electrons. The van der Waals surface area contributed by atoms with Gasteiger partial charge in [-0.05, 0) is 40.2 Å². The molecule has 0 aliphatic rings. The van der Waals surface area contributed by atoms with Crippen LogP contribution < -0.4 is 0 Å². The van der Waals surface area contributed by atoms with Crippen LogP contribution in [0.5, 0.6) is 0 Å². The van der Waals surface area contributed by atoms with Crippen LogP contribution in [-0.4, -0.2) is 19.5 Å². The first-order valence-electron chi connectivity index (χ1n) is 5.28. The van der Waals surface area contributed by atoms with Gasteiger partial charge in [0.05, 0.1) is 11.3 Å². The summed E-state index contributed by atoms with van der Waals surface area (Å²) in [5.74, 6) is -2.69. The minimum atomic E-state index is -3.85. The Kier molecular flexibility index (Phi) is 4.26. The van der Waals surface area contributed by atoms with Crippen LogP contribution in [0, 0.1) is 5.82 Å². The monoisotopic (exact) mass is 378 g/mol. The molecule has 0 aliphatic carbocycles. The van der Waals surface area contributed by atoms with Crippen molar-refractivity contribution in [3.05, 3.63) is 50.4 Å². The number of rotatable bonds is 4. The number of hydrogen-bond acceptors (Lipinski definition) is 4. The summed E-state index contributed by atoms with van der Waals surface area (Å²) in [6, 6.07) is 4.41. The topological polar surface area (TPSA) is 71.4 Å². The van der Waals surface area contributed by atoms with E-state index >= 15 is 0 Å². The molecule has 0 atom stereocenters. The van der Waals surface area contributed by atoms with Gasteiger partial charge in [-0.25, -0.2) is 17.6 Å². The molecule has 0 amide bonds. The van der Waals surface area contributed by atoms with Gasteiger partial charge < -0.3 is 5.11 Å². The summed E-state index contributed by atoms with van der Waals surface area (Å²) in [6.07, 6.45) is 0. The molecule has 2 aromatic rings. The van der Waals surface area contributed by atoms with E-state index in [2.05, 4.69) is 15.9 Å². The van der Waals surface area contributed by atoms with Gasteiger partial charge in [-0.1, -0.05) is 0 Å². The van der Waals surface area contributed by atoms with Crippen LogP contribution in [0.15, 0.2) is 39.0 Å². The molecule has 0 spiro atoms. The van der Waals surface area contributed by atoms with Crippen molar-refractivity contribution in [3.63, 3.8) is 0 Å². The lowest BCUT2D eigenvalue weighted by Gasteiger charge is -2.05. The number of benzene rings is 1.